The molecule has 0 unspecified atom stereocenters. The molecular formula is C7H14O2Ru. The normalized spacial score (nSPS) is 8.00. The number of allylic oxidation sites excluding steroid dienone is 2. The van der Waals surface area contributed by atoms with E-state index in [1.165, 1.54) is 19.9 Å². The number of carbonyl (C=O) groups is 1. The Labute approximate surface area is 76.1 Å². The summed E-state index contributed by atoms with van der Waals surface area (Å²) >= 11 is 0. The summed E-state index contributed by atoms with van der Waals surface area (Å²) in [5, 5.41) is 8.36. The van der Waals surface area contributed by atoms with Crippen molar-refractivity contribution in [3.8, 4) is 0 Å². The van der Waals surface area contributed by atoms with Gasteiger partial charge in [0.15, 0.2) is 5.78 Å². The van der Waals surface area contributed by atoms with E-state index in [4.69, 9.17) is 5.11 Å². The second-order valence-corrected chi connectivity index (χ2v) is 1.40. The van der Waals surface area contributed by atoms with Crippen LogP contribution in [0.4, 0.5) is 0 Å². The third-order valence-electron chi connectivity index (χ3n) is 0.412. The van der Waals surface area contributed by atoms with Gasteiger partial charge in [-0.1, -0.05) is 0 Å². The summed E-state index contributed by atoms with van der Waals surface area (Å²) in [5.41, 5.74) is 0. The fourth-order valence-corrected chi connectivity index (χ4v) is 0.294. The number of aliphatic hydroxyl groups is 1. The molecule has 0 atom stereocenters. The van der Waals surface area contributed by atoms with Gasteiger partial charge in [-0.2, -0.15) is 0 Å². The first kappa shape index (κ1) is 22.5. The first-order valence-electron chi connectivity index (χ1n) is 2.01. The molecule has 0 rings (SSSR count). The van der Waals surface area contributed by atoms with Crippen LogP contribution in [0.5, 0.6) is 0 Å². The second-order valence-electron chi connectivity index (χ2n) is 1.40. The van der Waals surface area contributed by atoms with Crippen LogP contribution in [0.25, 0.3) is 0 Å². The zero-order chi connectivity index (χ0) is 5.86. The third-order valence-corrected chi connectivity index (χ3v) is 0.412. The van der Waals surface area contributed by atoms with Crippen molar-refractivity contribution >= 4 is 5.78 Å². The van der Waals surface area contributed by atoms with Crippen molar-refractivity contribution in [2.45, 2.75) is 13.8 Å². The van der Waals surface area contributed by atoms with E-state index in [1.807, 2.05) is 0 Å². The number of hydrogen-bond donors (Lipinski definition) is 1. The predicted molar refractivity (Wildman–Crippen MR) is 39.9 cm³/mol. The summed E-state index contributed by atoms with van der Waals surface area (Å²) in [7, 11) is 0. The van der Waals surface area contributed by atoms with Crippen molar-refractivity contribution in [2.75, 3.05) is 0 Å². The van der Waals surface area contributed by atoms with Crippen LogP contribution >= 0.6 is 0 Å². The molecule has 0 aromatic carbocycles. The first-order chi connectivity index (χ1) is 3.13. The summed E-state index contributed by atoms with van der Waals surface area (Å²) in [6.45, 7) is 2.85. The van der Waals surface area contributed by atoms with Crippen molar-refractivity contribution < 1.29 is 29.4 Å². The van der Waals surface area contributed by atoms with Crippen molar-refractivity contribution in [3.05, 3.63) is 26.7 Å². The van der Waals surface area contributed by atoms with Gasteiger partial charge in [0, 0.05) is 6.08 Å². The van der Waals surface area contributed by atoms with Gasteiger partial charge in [-0.25, -0.2) is 0 Å². The minimum atomic E-state index is -0.125. The molecule has 0 amide bonds. The standard InChI is InChI=1S/C5H8O2.2CH3.Ru/c1-4(6)3-5(2)7;;;/h3,6H,1-2H3;2*1H3;/q;2*-1;+2/b4-3-;;;. The average molecular weight is 231 g/mol. The summed E-state index contributed by atoms with van der Waals surface area (Å²) < 4.78 is 0. The van der Waals surface area contributed by atoms with Gasteiger partial charge in [-0.3, -0.25) is 4.79 Å². The van der Waals surface area contributed by atoms with Crippen LogP contribution in [-0.2, 0) is 24.3 Å². The summed E-state index contributed by atoms with van der Waals surface area (Å²) in [4.78, 5) is 10.0. The number of aliphatic hydroxyl groups excluding tert-OH is 1. The molecule has 0 aliphatic heterocycles. The SMILES string of the molecule is CC(=O)/C=C(/C)O.[CH3-].[CH3-].[Ru+2]. The molecule has 0 aromatic rings. The topological polar surface area (TPSA) is 37.3 Å². The van der Waals surface area contributed by atoms with Gasteiger partial charge in [0.1, 0.15) is 0 Å². The van der Waals surface area contributed by atoms with E-state index < -0.39 is 0 Å². The molecule has 3 heteroatoms. The average Bonchev–Trinajstić information content (AvgIpc) is 1.27. The quantitative estimate of drug-likeness (QED) is 0.324. The van der Waals surface area contributed by atoms with E-state index in [1.54, 1.807) is 0 Å². The van der Waals surface area contributed by atoms with Crippen molar-refractivity contribution in [1.82, 2.24) is 0 Å². The molecule has 62 valence electrons. The Morgan fingerprint density at radius 1 is 1.30 bits per heavy atom. The van der Waals surface area contributed by atoms with Crippen molar-refractivity contribution in [3.63, 3.8) is 0 Å². The van der Waals surface area contributed by atoms with Crippen LogP contribution < -0.4 is 0 Å². The Morgan fingerprint density at radius 2 is 1.60 bits per heavy atom. The monoisotopic (exact) mass is 232 g/mol. The van der Waals surface area contributed by atoms with Crippen LogP contribution in [0, 0.1) is 14.9 Å². The van der Waals surface area contributed by atoms with E-state index in [-0.39, 0.29) is 45.9 Å². The molecule has 2 nitrogen and oxygen atoms in total. The van der Waals surface area contributed by atoms with Gasteiger partial charge in [-0.15, -0.1) is 0 Å². The van der Waals surface area contributed by atoms with Gasteiger partial charge in [0.05, 0.1) is 5.76 Å². The molecule has 10 heavy (non-hydrogen) atoms. The smallest absolute Gasteiger partial charge is 0.512 e. The van der Waals surface area contributed by atoms with Crippen molar-refractivity contribution in [1.29, 1.82) is 0 Å². The third kappa shape index (κ3) is 24.9. The van der Waals surface area contributed by atoms with Gasteiger partial charge >= 0.3 is 19.5 Å². The van der Waals surface area contributed by atoms with Crippen LogP contribution in [-0.4, -0.2) is 10.9 Å². The number of ketones is 1. The molecule has 0 heterocycles. The van der Waals surface area contributed by atoms with E-state index in [0.29, 0.717) is 0 Å². The molecule has 0 aliphatic rings. The summed E-state index contributed by atoms with van der Waals surface area (Å²) in [6.07, 6.45) is 1.17. The van der Waals surface area contributed by atoms with Crippen LogP contribution in [0.2, 0.25) is 0 Å². The number of carbonyl (C=O) groups excluding carboxylic acids is 1. The molecule has 0 saturated carbocycles. The van der Waals surface area contributed by atoms with Crippen LogP contribution in [0.15, 0.2) is 11.8 Å². The predicted octanol–water partition coefficient (Wildman–Crippen LogP) is 1.94. The molecule has 0 saturated heterocycles. The zero-order valence-corrected chi connectivity index (χ0v) is 8.52. The molecule has 0 aliphatic carbocycles. The minimum Gasteiger partial charge on any atom is -0.512 e. The maximum atomic E-state index is 10.0. The Hall–Kier alpha value is -0.167. The molecule has 0 aromatic heterocycles. The van der Waals surface area contributed by atoms with Gasteiger partial charge in [0.2, 0.25) is 0 Å². The molecule has 0 spiro atoms. The molecule has 1 N–H and O–H groups in total. The van der Waals surface area contributed by atoms with E-state index in [2.05, 4.69) is 0 Å². The van der Waals surface area contributed by atoms with Crippen LogP contribution in [0.3, 0.4) is 0 Å². The minimum absolute atomic E-state index is 0. The van der Waals surface area contributed by atoms with Gasteiger partial charge < -0.3 is 20.0 Å². The van der Waals surface area contributed by atoms with E-state index >= 15 is 0 Å². The zero-order valence-electron chi connectivity index (χ0n) is 6.79. The Bertz CT molecular complexity index is 104. The maximum Gasteiger partial charge on any atom is 2.00 e. The Morgan fingerprint density at radius 3 is 1.60 bits per heavy atom. The van der Waals surface area contributed by atoms with Crippen molar-refractivity contribution in [2.24, 2.45) is 0 Å². The largest absolute Gasteiger partial charge is 2.00 e. The molecule has 0 radical (unpaired) electrons. The van der Waals surface area contributed by atoms with E-state index in [0.717, 1.165) is 0 Å². The molecular weight excluding hydrogens is 217 g/mol. The van der Waals surface area contributed by atoms with Gasteiger partial charge in [-0.05, 0) is 13.8 Å². The fraction of sp³-hybridized carbons (Fsp3) is 0.286. The van der Waals surface area contributed by atoms with Gasteiger partial charge in [0.25, 0.3) is 0 Å². The fourth-order valence-electron chi connectivity index (χ4n) is 0.294. The number of hydrogen-bond acceptors (Lipinski definition) is 2. The van der Waals surface area contributed by atoms with E-state index in [9.17, 15) is 4.79 Å². The second kappa shape index (κ2) is 11.6. The summed E-state index contributed by atoms with van der Waals surface area (Å²) in [5.74, 6) is -0.0625. The summed E-state index contributed by atoms with van der Waals surface area (Å²) in [6, 6.07) is 0. The first-order valence-corrected chi connectivity index (χ1v) is 2.01. The maximum absolute atomic E-state index is 10.0. The molecule has 0 bridgehead atoms. The Balaban J connectivity index is -0.0000000600. The number of rotatable bonds is 1. The van der Waals surface area contributed by atoms with Crippen LogP contribution in [0.1, 0.15) is 13.8 Å². The Kier molecular flexibility index (Phi) is 26.2. The molecule has 0 fully saturated rings.